The number of amides is 2. The standard InChI is InChI=1S/C28H21F7N4O2/c1-3-25(40)38(2)17-19-11-18(14-36-15-19)5-4-10-39(22-8-6-21(29)7-9-22)26(41)13-24-23(28(33,34)35)12-20(16-37-24)27(30,31)32/h3,6-9,11-12,14-16H,1,10,13,17H2,2H3. The minimum absolute atomic E-state index is 0.0857. The van der Waals surface area contributed by atoms with Gasteiger partial charge in [-0.25, -0.2) is 4.39 Å². The van der Waals surface area contributed by atoms with Crippen molar-refractivity contribution in [3.8, 4) is 11.8 Å². The number of likely N-dealkylation sites (N-methyl/N-ethyl adjacent to an activating group) is 1. The van der Waals surface area contributed by atoms with Gasteiger partial charge in [0.1, 0.15) is 5.82 Å². The molecule has 0 saturated heterocycles. The van der Waals surface area contributed by atoms with E-state index in [2.05, 4.69) is 28.4 Å². The Labute approximate surface area is 230 Å². The zero-order valence-electron chi connectivity index (χ0n) is 21.4. The van der Waals surface area contributed by atoms with E-state index in [0.29, 0.717) is 11.1 Å². The zero-order chi connectivity index (χ0) is 30.4. The first-order valence-corrected chi connectivity index (χ1v) is 11.7. The van der Waals surface area contributed by atoms with Crippen LogP contribution in [0.25, 0.3) is 0 Å². The fraction of sp³-hybridized carbons (Fsp3) is 0.214. The maximum atomic E-state index is 13.6. The smallest absolute Gasteiger partial charge is 0.338 e. The highest BCUT2D eigenvalue weighted by Gasteiger charge is 2.39. The summed E-state index contributed by atoms with van der Waals surface area (Å²) < 4.78 is 93.2. The zero-order valence-corrected chi connectivity index (χ0v) is 21.4. The van der Waals surface area contributed by atoms with Crippen LogP contribution in [0.5, 0.6) is 0 Å². The molecule has 2 heterocycles. The fourth-order valence-corrected chi connectivity index (χ4v) is 3.59. The highest BCUT2D eigenvalue weighted by atomic mass is 19.4. The highest BCUT2D eigenvalue weighted by molar-refractivity contribution is 5.95. The summed E-state index contributed by atoms with van der Waals surface area (Å²) in [6.45, 7) is 3.25. The number of alkyl halides is 6. The number of aromatic nitrogens is 2. The molecule has 3 rings (SSSR count). The second-order valence-corrected chi connectivity index (χ2v) is 8.63. The summed E-state index contributed by atoms with van der Waals surface area (Å²) in [5, 5.41) is 0. The molecule has 13 heteroatoms. The molecule has 3 aromatic rings. The van der Waals surface area contributed by atoms with Gasteiger partial charge in [0.05, 0.1) is 29.8 Å². The third-order valence-electron chi connectivity index (χ3n) is 5.60. The number of carbonyl (C=O) groups is 2. The molecule has 214 valence electrons. The van der Waals surface area contributed by atoms with Crippen LogP contribution in [0.1, 0.15) is 27.9 Å². The van der Waals surface area contributed by atoms with E-state index in [0.717, 1.165) is 23.1 Å². The molecule has 0 fully saturated rings. The normalized spacial score (nSPS) is 11.3. The molecule has 1 aromatic carbocycles. The van der Waals surface area contributed by atoms with Gasteiger partial charge in [-0.15, -0.1) is 0 Å². The molecule has 0 aliphatic heterocycles. The van der Waals surface area contributed by atoms with Crippen LogP contribution < -0.4 is 4.90 Å². The second kappa shape index (κ2) is 12.6. The molecule has 0 saturated carbocycles. The van der Waals surface area contributed by atoms with E-state index in [1.807, 2.05) is 0 Å². The van der Waals surface area contributed by atoms with Crippen LogP contribution in [0.3, 0.4) is 0 Å². The lowest BCUT2D eigenvalue weighted by Crippen LogP contribution is -2.33. The van der Waals surface area contributed by atoms with Crippen molar-refractivity contribution in [3.63, 3.8) is 0 Å². The van der Waals surface area contributed by atoms with E-state index in [1.165, 1.54) is 29.4 Å². The molecule has 0 bridgehead atoms. The molecular formula is C28H21F7N4O2. The van der Waals surface area contributed by atoms with Crippen LogP contribution in [-0.4, -0.2) is 40.3 Å². The summed E-state index contributed by atoms with van der Waals surface area (Å²) in [7, 11) is 1.56. The molecule has 0 unspecified atom stereocenters. The van der Waals surface area contributed by atoms with Gasteiger partial charge in [-0.3, -0.25) is 19.6 Å². The van der Waals surface area contributed by atoms with E-state index < -0.39 is 47.3 Å². The van der Waals surface area contributed by atoms with Gasteiger partial charge in [-0.05, 0) is 48.0 Å². The minimum atomic E-state index is -5.22. The van der Waals surface area contributed by atoms with Gasteiger partial charge >= 0.3 is 12.4 Å². The van der Waals surface area contributed by atoms with Crippen molar-refractivity contribution in [2.75, 3.05) is 18.5 Å². The number of carbonyl (C=O) groups excluding carboxylic acids is 2. The third kappa shape index (κ3) is 8.38. The van der Waals surface area contributed by atoms with Gasteiger partial charge in [-0.2, -0.15) is 26.3 Å². The van der Waals surface area contributed by atoms with Crippen molar-refractivity contribution in [1.82, 2.24) is 14.9 Å². The average molecular weight is 578 g/mol. The summed E-state index contributed by atoms with van der Waals surface area (Å²) >= 11 is 0. The Morgan fingerprint density at radius 3 is 2.29 bits per heavy atom. The minimum Gasteiger partial charge on any atom is -0.338 e. The summed E-state index contributed by atoms with van der Waals surface area (Å²) in [6.07, 6.45) is -7.00. The molecule has 0 aliphatic carbocycles. The molecular weight excluding hydrogens is 557 g/mol. The second-order valence-electron chi connectivity index (χ2n) is 8.63. The number of benzene rings is 1. The van der Waals surface area contributed by atoms with Crippen LogP contribution in [-0.2, 0) is 34.9 Å². The summed E-state index contributed by atoms with van der Waals surface area (Å²) in [6, 6.07) is 5.99. The number of hydrogen-bond donors (Lipinski definition) is 0. The highest BCUT2D eigenvalue weighted by Crippen LogP contribution is 2.36. The predicted octanol–water partition coefficient (Wildman–Crippen LogP) is 5.43. The first kappa shape index (κ1) is 30.8. The number of pyridine rings is 2. The van der Waals surface area contributed by atoms with Gasteiger partial charge in [0.15, 0.2) is 0 Å². The molecule has 2 aromatic heterocycles. The van der Waals surface area contributed by atoms with Crippen molar-refractivity contribution < 1.29 is 40.3 Å². The topological polar surface area (TPSA) is 66.4 Å². The Hall–Kier alpha value is -4.73. The fourth-order valence-electron chi connectivity index (χ4n) is 3.59. The van der Waals surface area contributed by atoms with E-state index in [4.69, 9.17) is 0 Å². The molecule has 6 nitrogen and oxygen atoms in total. The number of nitrogens with zero attached hydrogens (tertiary/aromatic N) is 4. The monoisotopic (exact) mass is 578 g/mol. The lowest BCUT2D eigenvalue weighted by Gasteiger charge is -2.21. The van der Waals surface area contributed by atoms with E-state index >= 15 is 0 Å². The average Bonchev–Trinajstić information content (AvgIpc) is 2.90. The Morgan fingerprint density at radius 2 is 1.68 bits per heavy atom. The van der Waals surface area contributed by atoms with Gasteiger partial charge in [-0.1, -0.05) is 18.4 Å². The van der Waals surface area contributed by atoms with E-state index in [9.17, 15) is 40.3 Å². The van der Waals surface area contributed by atoms with Gasteiger partial charge in [0, 0.05) is 43.4 Å². The number of anilines is 1. The van der Waals surface area contributed by atoms with Gasteiger partial charge in [0.25, 0.3) is 0 Å². The Bertz CT molecular complexity index is 1490. The third-order valence-corrected chi connectivity index (χ3v) is 5.60. The molecule has 0 N–H and O–H groups in total. The van der Waals surface area contributed by atoms with Crippen LogP contribution in [0, 0.1) is 17.7 Å². The maximum absolute atomic E-state index is 13.6. The number of rotatable bonds is 7. The Balaban J connectivity index is 1.90. The van der Waals surface area contributed by atoms with Crippen LogP contribution in [0.15, 0.2) is 67.6 Å². The predicted molar refractivity (Wildman–Crippen MR) is 134 cm³/mol. The van der Waals surface area contributed by atoms with Crippen molar-refractivity contribution in [2.24, 2.45) is 0 Å². The van der Waals surface area contributed by atoms with Crippen molar-refractivity contribution >= 4 is 17.5 Å². The van der Waals surface area contributed by atoms with Crippen molar-refractivity contribution in [2.45, 2.75) is 25.3 Å². The Morgan fingerprint density at radius 1 is 1.00 bits per heavy atom. The Kier molecular flexibility index (Phi) is 9.49. The van der Waals surface area contributed by atoms with Crippen molar-refractivity contribution in [3.05, 3.63) is 101 Å². The lowest BCUT2D eigenvalue weighted by atomic mass is 10.1. The molecule has 0 spiro atoms. The largest absolute Gasteiger partial charge is 0.418 e. The van der Waals surface area contributed by atoms with Crippen LogP contribution >= 0.6 is 0 Å². The lowest BCUT2D eigenvalue weighted by molar-refractivity contribution is -0.144. The van der Waals surface area contributed by atoms with Gasteiger partial charge < -0.3 is 9.80 Å². The first-order chi connectivity index (χ1) is 19.2. The first-order valence-electron chi connectivity index (χ1n) is 11.7. The van der Waals surface area contributed by atoms with Crippen LogP contribution in [0.2, 0.25) is 0 Å². The SMILES string of the molecule is C=CC(=O)N(C)Cc1cncc(C#CCN(C(=O)Cc2ncc(C(F)(F)F)cc2C(F)(F)F)c2ccc(F)cc2)c1. The van der Waals surface area contributed by atoms with Crippen LogP contribution in [0.4, 0.5) is 36.4 Å². The quantitative estimate of drug-likeness (QED) is 0.213. The number of hydrogen-bond acceptors (Lipinski definition) is 4. The maximum Gasteiger partial charge on any atom is 0.418 e. The molecule has 2 amide bonds. The van der Waals surface area contributed by atoms with E-state index in [-0.39, 0.29) is 36.9 Å². The summed E-state index contributed by atoms with van der Waals surface area (Å²) in [5.74, 6) is 3.54. The molecule has 0 atom stereocenters. The summed E-state index contributed by atoms with van der Waals surface area (Å²) in [4.78, 5) is 34.6. The van der Waals surface area contributed by atoms with E-state index in [1.54, 1.807) is 13.1 Å². The number of halogens is 7. The van der Waals surface area contributed by atoms with Crippen molar-refractivity contribution in [1.29, 1.82) is 0 Å². The van der Waals surface area contributed by atoms with Gasteiger partial charge in [0.2, 0.25) is 11.8 Å². The molecule has 0 radical (unpaired) electrons. The molecule has 41 heavy (non-hydrogen) atoms. The molecule has 0 aliphatic rings. The summed E-state index contributed by atoms with van der Waals surface area (Å²) in [5.41, 5.74) is -3.11.